The Kier molecular flexibility index (Phi) is 7.82. The summed E-state index contributed by atoms with van der Waals surface area (Å²) in [5.41, 5.74) is 3.45. The molecule has 0 saturated carbocycles. The molecular weight excluding hydrogens is 605 g/mol. The molecule has 0 spiro atoms. The lowest BCUT2D eigenvalue weighted by Crippen LogP contribution is -2.26. The number of aryl methyl sites for hydroxylation is 1. The summed E-state index contributed by atoms with van der Waals surface area (Å²) in [7, 11) is -7.84. The van der Waals surface area contributed by atoms with Gasteiger partial charge in [0.15, 0.2) is 7.14 Å². The van der Waals surface area contributed by atoms with Crippen LogP contribution < -0.4 is 10.6 Å². The quantitative estimate of drug-likeness (QED) is 0.156. The number of rotatable bonds is 8. The van der Waals surface area contributed by atoms with E-state index in [1.807, 2.05) is 165 Å². The molecule has 6 aromatic carbocycles. The van der Waals surface area contributed by atoms with Crippen LogP contribution in [0.2, 0.25) is 0 Å². The van der Waals surface area contributed by atoms with Gasteiger partial charge in [0.25, 0.3) is 10.0 Å². The van der Waals surface area contributed by atoms with Gasteiger partial charge >= 0.3 is 0 Å². The maximum atomic E-state index is 16.4. The molecule has 0 saturated heterocycles. The molecule has 1 atom stereocenters. The van der Waals surface area contributed by atoms with Crippen molar-refractivity contribution in [2.45, 2.75) is 17.5 Å². The van der Waals surface area contributed by atoms with Crippen molar-refractivity contribution < 1.29 is 13.0 Å². The molecule has 0 amide bonds. The van der Waals surface area contributed by atoms with Gasteiger partial charge in [0.1, 0.15) is 0 Å². The van der Waals surface area contributed by atoms with Gasteiger partial charge in [0, 0.05) is 21.6 Å². The van der Waals surface area contributed by atoms with E-state index < -0.39 is 22.8 Å². The van der Waals surface area contributed by atoms with E-state index in [0.29, 0.717) is 21.8 Å². The average molecular weight is 638 g/mol. The highest BCUT2D eigenvalue weighted by molar-refractivity contribution is 7.90. The number of hydrogen-bond donors (Lipinski definition) is 0. The van der Waals surface area contributed by atoms with Crippen LogP contribution >= 0.6 is 7.14 Å². The molecule has 1 unspecified atom stereocenters. The van der Waals surface area contributed by atoms with Crippen LogP contribution in [-0.4, -0.2) is 12.4 Å². The van der Waals surface area contributed by atoms with Crippen molar-refractivity contribution in [3.05, 3.63) is 187 Å². The number of benzene rings is 6. The van der Waals surface area contributed by atoms with Gasteiger partial charge < -0.3 is 4.57 Å². The van der Waals surface area contributed by atoms with Crippen molar-refractivity contribution in [2.24, 2.45) is 0 Å². The Morgan fingerprint density at radius 3 is 1.61 bits per heavy atom. The van der Waals surface area contributed by atoms with Crippen LogP contribution in [0.1, 0.15) is 22.5 Å². The molecule has 0 radical (unpaired) electrons. The third-order valence-corrected chi connectivity index (χ3v) is 13.6. The third-order valence-electron chi connectivity index (χ3n) is 8.51. The molecule has 46 heavy (non-hydrogen) atoms. The van der Waals surface area contributed by atoms with Crippen LogP contribution in [0.3, 0.4) is 0 Å². The van der Waals surface area contributed by atoms with Gasteiger partial charge in [-0.05, 0) is 36.2 Å². The monoisotopic (exact) mass is 637 g/mol. The Bertz CT molecular complexity index is 2240. The van der Waals surface area contributed by atoms with Gasteiger partial charge in [-0.1, -0.05) is 157 Å². The highest BCUT2D eigenvalue weighted by Gasteiger charge is 2.44. The number of hydrogen-bond acceptors (Lipinski definition) is 3. The smallest absolute Gasteiger partial charge is 0.268 e. The Hall–Kier alpha value is -4.96. The van der Waals surface area contributed by atoms with Crippen molar-refractivity contribution in [2.75, 3.05) is 0 Å². The minimum absolute atomic E-state index is 0.167. The summed E-state index contributed by atoms with van der Waals surface area (Å²) in [4.78, 5) is 0.167. The van der Waals surface area contributed by atoms with Crippen molar-refractivity contribution in [1.29, 1.82) is 0 Å². The van der Waals surface area contributed by atoms with Crippen LogP contribution in [-0.2, 0) is 14.6 Å². The maximum Gasteiger partial charge on any atom is 0.268 e. The summed E-state index contributed by atoms with van der Waals surface area (Å²) in [6, 6.07) is 53.0. The van der Waals surface area contributed by atoms with E-state index in [-0.39, 0.29) is 4.90 Å². The minimum atomic E-state index is -4.18. The lowest BCUT2D eigenvalue weighted by molar-refractivity contribution is 0.579. The number of fused-ring (bicyclic) bond motifs is 1. The largest absolute Gasteiger partial charge is 0.313 e. The molecule has 1 aromatic heterocycles. The fraction of sp³-hybridized carbons (Fsp3) is 0.0500. The summed E-state index contributed by atoms with van der Waals surface area (Å²) in [5.74, 6) is 0. The maximum absolute atomic E-state index is 16.4. The second-order valence-electron chi connectivity index (χ2n) is 11.4. The van der Waals surface area contributed by atoms with Crippen molar-refractivity contribution in [3.8, 4) is 11.1 Å². The van der Waals surface area contributed by atoms with Gasteiger partial charge in [0.2, 0.25) is 0 Å². The highest BCUT2D eigenvalue weighted by Crippen LogP contribution is 2.62. The zero-order valence-electron chi connectivity index (χ0n) is 25.3. The van der Waals surface area contributed by atoms with Crippen LogP contribution in [0.15, 0.2) is 175 Å². The standard InChI is InChI=1S/C40H32NO3PS/c1-30-26-28-35(29-27-30)46(43,44)41-37-25-15-14-24-36(37)38(31-16-6-2-7-17-31)39(41)40(32-18-8-3-9-19-32)45(42,33-20-10-4-11-21-33)34-22-12-5-13-23-34/h2-29,40H,1H3. The summed E-state index contributed by atoms with van der Waals surface area (Å²) in [6.45, 7) is 1.93. The molecule has 1 heterocycles. The molecule has 0 aliphatic carbocycles. The lowest BCUT2D eigenvalue weighted by Gasteiger charge is -2.31. The van der Waals surface area contributed by atoms with E-state index in [2.05, 4.69) is 0 Å². The summed E-state index contributed by atoms with van der Waals surface area (Å²) in [6.07, 6.45) is 0. The molecule has 0 aliphatic heterocycles. The molecule has 0 bridgehead atoms. The second kappa shape index (κ2) is 12.1. The second-order valence-corrected chi connectivity index (χ2v) is 16.0. The highest BCUT2D eigenvalue weighted by atomic mass is 32.2. The molecule has 0 aliphatic rings. The Labute approximate surface area is 270 Å². The average Bonchev–Trinajstić information content (AvgIpc) is 3.45. The van der Waals surface area contributed by atoms with E-state index >= 15 is 13.0 Å². The molecule has 0 fully saturated rings. The van der Waals surface area contributed by atoms with E-state index in [1.165, 1.54) is 3.97 Å². The zero-order chi connectivity index (χ0) is 31.7. The summed E-state index contributed by atoms with van der Waals surface area (Å²) < 4.78 is 48.0. The Morgan fingerprint density at radius 1 is 0.565 bits per heavy atom. The molecule has 226 valence electrons. The van der Waals surface area contributed by atoms with Gasteiger partial charge in [0.05, 0.1) is 21.8 Å². The first kappa shape index (κ1) is 29.7. The van der Waals surface area contributed by atoms with Crippen molar-refractivity contribution >= 4 is 38.7 Å². The lowest BCUT2D eigenvalue weighted by atomic mass is 9.98. The van der Waals surface area contributed by atoms with E-state index in [1.54, 1.807) is 12.1 Å². The molecule has 7 aromatic rings. The predicted octanol–water partition coefficient (Wildman–Crippen LogP) is 8.96. The molecule has 0 N–H and O–H groups in total. The minimum Gasteiger partial charge on any atom is -0.313 e. The van der Waals surface area contributed by atoms with E-state index in [9.17, 15) is 0 Å². The fourth-order valence-corrected chi connectivity index (χ4v) is 11.3. The summed E-state index contributed by atoms with van der Waals surface area (Å²) >= 11 is 0. The van der Waals surface area contributed by atoms with E-state index in [0.717, 1.165) is 27.6 Å². The summed E-state index contributed by atoms with van der Waals surface area (Å²) in [5, 5.41) is 2.07. The van der Waals surface area contributed by atoms with Crippen LogP contribution in [0.25, 0.3) is 22.0 Å². The molecular formula is C40H32NO3PS. The van der Waals surface area contributed by atoms with Gasteiger partial charge in [-0.3, -0.25) is 0 Å². The predicted molar refractivity (Wildman–Crippen MR) is 189 cm³/mol. The fourth-order valence-electron chi connectivity index (χ4n) is 6.38. The van der Waals surface area contributed by atoms with E-state index in [4.69, 9.17) is 0 Å². The first-order chi connectivity index (χ1) is 22.4. The van der Waals surface area contributed by atoms with Crippen LogP contribution in [0, 0.1) is 6.92 Å². The molecule has 4 nitrogen and oxygen atoms in total. The van der Waals surface area contributed by atoms with Crippen molar-refractivity contribution in [1.82, 2.24) is 3.97 Å². The number of para-hydroxylation sites is 1. The van der Waals surface area contributed by atoms with Crippen LogP contribution in [0.4, 0.5) is 0 Å². The zero-order valence-corrected chi connectivity index (χ0v) is 27.0. The SMILES string of the molecule is Cc1ccc(S(=O)(=O)n2c(C(c3ccccc3)P(=O)(c3ccccc3)c3ccccc3)c(-c3ccccc3)c3ccccc32)cc1. The molecule has 6 heteroatoms. The number of aromatic nitrogens is 1. The van der Waals surface area contributed by atoms with Gasteiger partial charge in [-0.15, -0.1) is 0 Å². The number of nitrogens with zero attached hydrogens (tertiary/aromatic N) is 1. The first-order valence-electron chi connectivity index (χ1n) is 15.2. The Morgan fingerprint density at radius 2 is 1.04 bits per heavy atom. The van der Waals surface area contributed by atoms with Crippen LogP contribution in [0.5, 0.6) is 0 Å². The normalized spacial score (nSPS) is 12.6. The molecule has 7 rings (SSSR count). The topological polar surface area (TPSA) is 56.1 Å². The van der Waals surface area contributed by atoms with Gasteiger partial charge in [-0.2, -0.15) is 0 Å². The van der Waals surface area contributed by atoms with Crippen molar-refractivity contribution in [3.63, 3.8) is 0 Å². The third kappa shape index (κ3) is 5.02. The Balaban J connectivity index is 1.71. The van der Waals surface area contributed by atoms with Gasteiger partial charge in [-0.25, -0.2) is 12.4 Å². The first-order valence-corrected chi connectivity index (χ1v) is 18.4.